The van der Waals surface area contributed by atoms with E-state index in [1.54, 1.807) is 0 Å². The molecule has 0 aliphatic carbocycles. The Bertz CT molecular complexity index is 280. The number of carboxylic acid groups (broad SMARTS) is 1. The maximum atomic E-state index is 11.8. The first-order valence-corrected chi connectivity index (χ1v) is 5.80. The lowest BCUT2D eigenvalue weighted by molar-refractivity contribution is -0.140. The zero-order chi connectivity index (χ0) is 11.5. The van der Waals surface area contributed by atoms with Crippen LogP contribution >= 0.6 is 0 Å². The number of nitrogens with zero attached hydrogens (tertiary/aromatic N) is 1. The van der Waals surface area contributed by atoms with Crippen LogP contribution in [0.25, 0.3) is 0 Å². The minimum absolute atomic E-state index is 0.0708. The quantitative estimate of drug-likeness (QED) is 0.765. The average Bonchev–Trinajstić information content (AvgIpc) is 2.57. The fraction of sp³-hybridized carbons (Fsp3) is 0.818. The molecule has 2 atom stereocenters. The Morgan fingerprint density at radius 3 is 2.38 bits per heavy atom. The molecule has 2 aliphatic heterocycles. The third kappa shape index (κ3) is 2.72. The second-order valence-corrected chi connectivity index (χ2v) is 4.50. The molecule has 2 saturated heterocycles. The Morgan fingerprint density at radius 2 is 1.81 bits per heavy atom. The molecule has 1 N–H and O–H groups in total. The number of fused-ring (bicyclic) bond motifs is 2. The van der Waals surface area contributed by atoms with Crippen LogP contribution in [-0.4, -0.2) is 47.2 Å². The number of morpholine rings is 1. The summed E-state index contributed by atoms with van der Waals surface area (Å²) >= 11 is 0. The van der Waals surface area contributed by atoms with Crippen LogP contribution in [0.2, 0.25) is 0 Å². The number of rotatable bonds is 4. The van der Waals surface area contributed by atoms with Gasteiger partial charge in [0.15, 0.2) is 0 Å². The molecule has 0 aromatic heterocycles. The maximum absolute atomic E-state index is 11.8. The Kier molecular flexibility index (Phi) is 3.43. The summed E-state index contributed by atoms with van der Waals surface area (Å²) in [5, 5.41) is 8.49. The van der Waals surface area contributed by atoms with E-state index in [1.165, 1.54) is 0 Å². The normalized spacial score (nSPS) is 28.1. The van der Waals surface area contributed by atoms with Crippen molar-refractivity contribution in [2.75, 3.05) is 13.1 Å². The second-order valence-electron chi connectivity index (χ2n) is 4.50. The van der Waals surface area contributed by atoms with Crippen LogP contribution in [0.4, 0.5) is 0 Å². The summed E-state index contributed by atoms with van der Waals surface area (Å²) in [5.41, 5.74) is 0. The molecule has 90 valence electrons. The summed E-state index contributed by atoms with van der Waals surface area (Å²) in [7, 11) is 0. The van der Waals surface area contributed by atoms with Gasteiger partial charge in [-0.05, 0) is 19.3 Å². The van der Waals surface area contributed by atoms with Gasteiger partial charge in [0.1, 0.15) is 0 Å². The minimum atomic E-state index is -0.838. The van der Waals surface area contributed by atoms with E-state index in [0.29, 0.717) is 25.9 Å². The number of aliphatic carboxylic acids is 1. The first-order valence-electron chi connectivity index (χ1n) is 5.80. The smallest absolute Gasteiger partial charge is 0.303 e. The number of ether oxygens (including phenoxy) is 1. The lowest BCUT2D eigenvalue weighted by Gasteiger charge is -2.32. The van der Waals surface area contributed by atoms with Crippen LogP contribution in [0.3, 0.4) is 0 Å². The monoisotopic (exact) mass is 227 g/mol. The number of carbonyl (C=O) groups is 2. The molecule has 0 aromatic rings. The highest BCUT2D eigenvalue weighted by Crippen LogP contribution is 2.26. The first-order chi connectivity index (χ1) is 7.65. The van der Waals surface area contributed by atoms with Crippen molar-refractivity contribution in [3.05, 3.63) is 0 Å². The molecule has 16 heavy (non-hydrogen) atoms. The van der Waals surface area contributed by atoms with Crippen LogP contribution in [0.15, 0.2) is 0 Å². The third-order valence-corrected chi connectivity index (χ3v) is 3.18. The number of amides is 1. The lowest BCUT2D eigenvalue weighted by atomic mass is 10.2. The molecule has 5 nitrogen and oxygen atoms in total. The van der Waals surface area contributed by atoms with E-state index in [4.69, 9.17) is 9.84 Å². The molecule has 2 unspecified atom stereocenters. The number of likely N-dealkylation sites (tertiary alicyclic amines) is 1. The zero-order valence-corrected chi connectivity index (χ0v) is 9.22. The molecule has 0 spiro atoms. The zero-order valence-electron chi connectivity index (χ0n) is 9.22. The van der Waals surface area contributed by atoms with Gasteiger partial charge in [-0.3, -0.25) is 9.59 Å². The predicted molar refractivity (Wildman–Crippen MR) is 56.0 cm³/mol. The number of carbonyl (C=O) groups excluding carboxylic acids is 1. The standard InChI is InChI=1S/C11H17NO4/c13-10(2-1-3-11(14)15)12-6-8-4-5-9(7-12)16-8/h8-9H,1-7H2,(H,14,15). The number of carboxylic acids is 1. The van der Waals surface area contributed by atoms with Gasteiger partial charge in [0.05, 0.1) is 12.2 Å². The summed E-state index contributed by atoms with van der Waals surface area (Å²) in [6.07, 6.45) is 3.35. The molecule has 1 amide bonds. The molecule has 2 aliphatic rings. The molecule has 5 heteroatoms. The van der Waals surface area contributed by atoms with Gasteiger partial charge in [-0.2, -0.15) is 0 Å². The van der Waals surface area contributed by atoms with E-state index in [-0.39, 0.29) is 24.5 Å². The van der Waals surface area contributed by atoms with Crippen molar-refractivity contribution in [1.29, 1.82) is 0 Å². The van der Waals surface area contributed by atoms with Crippen molar-refractivity contribution >= 4 is 11.9 Å². The van der Waals surface area contributed by atoms with Crippen LogP contribution in [0.1, 0.15) is 32.1 Å². The summed E-state index contributed by atoms with van der Waals surface area (Å²) in [6, 6.07) is 0. The Hall–Kier alpha value is -1.10. The van der Waals surface area contributed by atoms with E-state index in [0.717, 1.165) is 12.8 Å². The predicted octanol–water partition coefficient (Wildman–Crippen LogP) is 0.631. The van der Waals surface area contributed by atoms with Crippen molar-refractivity contribution in [3.63, 3.8) is 0 Å². The number of hydrogen-bond donors (Lipinski definition) is 1. The van der Waals surface area contributed by atoms with Gasteiger partial charge >= 0.3 is 5.97 Å². The molecule has 2 rings (SSSR count). The molecule has 0 aromatic carbocycles. The van der Waals surface area contributed by atoms with Gasteiger partial charge in [0, 0.05) is 25.9 Å². The van der Waals surface area contributed by atoms with E-state index in [9.17, 15) is 9.59 Å². The Labute approximate surface area is 94.4 Å². The van der Waals surface area contributed by atoms with Crippen molar-refractivity contribution in [2.45, 2.75) is 44.3 Å². The van der Waals surface area contributed by atoms with Gasteiger partial charge in [0.25, 0.3) is 0 Å². The topological polar surface area (TPSA) is 66.8 Å². The molecule has 2 fully saturated rings. The Balaban J connectivity index is 1.75. The molecule has 2 bridgehead atoms. The third-order valence-electron chi connectivity index (χ3n) is 3.18. The fourth-order valence-corrected chi connectivity index (χ4v) is 2.37. The van der Waals surface area contributed by atoms with Gasteiger partial charge in [-0.25, -0.2) is 0 Å². The fourth-order valence-electron chi connectivity index (χ4n) is 2.37. The Morgan fingerprint density at radius 1 is 1.19 bits per heavy atom. The van der Waals surface area contributed by atoms with E-state index >= 15 is 0 Å². The van der Waals surface area contributed by atoms with Crippen LogP contribution < -0.4 is 0 Å². The first kappa shape index (κ1) is 11.4. The van der Waals surface area contributed by atoms with Crippen molar-refractivity contribution in [2.24, 2.45) is 0 Å². The van der Waals surface area contributed by atoms with Crippen molar-refractivity contribution in [3.8, 4) is 0 Å². The SMILES string of the molecule is O=C(O)CCCC(=O)N1CC2CCC(C1)O2. The largest absolute Gasteiger partial charge is 0.481 e. The lowest BCUT2D eigenvalue weighted by Crippen LogP contribution is -2.45. The highest BCUT2D eigenvalue weighted by atomic mass is 16.5. The maximum Gasteiger partial charge on any atom is 0.303 e. The van der Waals surface area contributed by atoms with Crippen LogP contribution in [0, 0.1) is 0 Å². The summed E-state index contributed by atoms with van der Waals surface area (Å²) < 4.78 is 5.63. The summed E-state index contributed by atoms with van der Waals surface area (Å²) in [5.74, 6) is -0.767. The average molecular weight is 227 g/mol. The highest BCUT2D eigenvalue weighted by molar-refractivity contribution is 5.77. The van der Waals surface area contributed by atoms with E-state index in [1.807, 2.05) is 4.90 Å². The summed E-state index contributed by atoms with van der Waals surface area (Å²) in [6.45, 7) is 1.37. The minimum Gasteiger partial charge on any atom is -0.481 e. The molecular weight excluding hydrogens is 210 g/mol. The highest BCUT2D eigenvalue weighted by Gasteiger charge is 2.35. The molecule has 2 heterocycles. The number of hydrogen-bond acceptors (Lipinski definition) is 3. The van der Waals surface area contributed by atoms with Crippen molar-refractivity contribution in [1.82, 2.24) is 4.90 Å². The van der Waals surface area contributed by atoms with Gasteiger partial charge in [-0.1, -0.05) is 0 Å². The molecule has 0 saturated carbocycles. The van der Waals surface area contributed by atoms with E-state index in [2.05, 4.69) is 0 Å². The van der Waals surface area contributed by atoms with Crippen molar-refractivity contribution < 1.29 is 19.4 Å². The van der Waals surface area contributed by atoms with Crippen LogP contribution in [0.5, 0.6) is 0 Å². The molecule has 0 radical (unpaired) electrons. The van der Waals surface area contributed by atoms with Crippen LogP contribution in [-0.2, 0) is 14.3 Å². The van der Waals surface area contributed by atoms with Gasteiger partial charge in [0.2, 0.25) is 5.91 Å². The second kappa shape index (κ2) is 4.82. The summed E-state index contributed by atoms with van der Waals surface area (Å²) in [4.78, 5) is 23.9. The van der Waals surface area contributed by atoms with Gasteiger partial charge in [-0.15, -0.1) is 0 Å². The van der Waals surface area contributed by atoms with Gasteiger partial charge < -0.3 is 14.7 Å². The van der Waals surface area contributed by atoms with E-state index < -0.39 is 5.97 Å². The molecular formula is C11H17NO4.